The van der Waals surface area contributed by atoms with Gasteiger partial charge in [0.2, 0.25) is 0 Å². The fourth-order valence-electron chi connectivity index (χ4n) is 2.38. The van der Waals surface area contributed by atoms with E-state index in [1.807, 2.05) is 0 Å². The molecule has 3 nitrogen and oxygen atoms in total. The van der Waals surface area contributed by atoms with Gasteiger partial charge in [0.15, 0.2) is 0 Å². The van der Waals surface area contributed by atoms with Crippen LogP contribution in [0.5, 0.6) is 0 Å². The second-order valence-corrected chi connectivity index (χ2v) is 9.81. The maximum atomic E-state index is 10.9. The number of hydrogen-bond donors (Lipinski definition) is 0. The minimum Gasteiger partial charge on any atom is -0.438 e. The smallest absolute Gasteiger partial charge is 0.438 e. The predicted octanol–water partition coefficient (Wildman–Crippen LogP) is 4.93. The molecule has 0 heterocycles. The molecule has 0 fully saturated rings. The van der Waals surface area contributed by atoms with Crippen LogP contribution in [0, 0.1) is 0 Å². The molecule has 0 aromatic carbocycles. The van der Waals surface area contributed by atoms with Gasteiger partial charge in [0.1, 0.15) is 0 Å². The zero-order valence-electron chi connectivity index (χ0n) is 12.9. The Kier molecular flexibility index (Phi) is 10.6. The lowest BCUT2D eigenvalue weighted by atomic mass is 10.4. The standard InChI is InChI=1S/C15H30O3Si/c1-5-8-12-19(7-3,13-9-6-2)14-10-11-18-15(16)17-4/h7H,3,5-6,8-14H2,1-2,4H3. The first kappa shape index (κ1) is 18.2. The number of rotatable bonds is 11. The van der Waals surface area contributed by atoms with Crippen LogP contribution < -0.4 is 0 Å². The zero-order chi connectivity index (χ0) is 14.6. The van der Waals surface area contributed by atoms with Crippen molar-refractivity contribution < 1.29 is 14.3 Å². The molecule has 0 spiro atoms. The number of unbranched alkanes of at least 4 members (excludes halogenated alkanes) is 2. The number of carbonyl (C=O) groups excluding carboxylic acids is 1. The topological polar surface area (TPSA) is 35.5 Å². The molecule has 19 heavy (non-hydrogen) atoms. The average molecular weight is 286 g/mol. The molecule has 0 amide bonds. The molecule has 0 bridgehead atoms. The summed E-state index contributed by atoms with van der Waals surface area (Å²) in [6.45, 7) is 9.04. The molecule has 112 valence electrons. The summed E-state index contributed by atoms with van der Waals surface area (Å²) in [4.78, 5) is 10.9. The minimum atomic E-state index is -1.36. The van der Waals surface area contributed by atoms with E-state index in [2.05, 4.69) is 30.9 Å². The summed E-state index contributed by atoms with van der Waals surface area (Å²) in [5, 5.41) is 0. The molecular weight excluding hydrogens is 256 g/mol. The fraction of sp³-hybridized carbons (Fsp3) is 0.800. The van der Waals surface area contributed by atoms with Crippen molar-refractivity contribution in [1.29, 1.82) is 0 Å². The third-order valence-corrected chi connectivity index (χ3v) is 8.61. The van der Waals surface area contributed by atoms with Crippen molar-refractivity contribution in [2.45, 2.75) is 64.1 Å². The van der Waals surface area contributed by atoms with Crippen LogP contribution in [0.2, 0.25) is 18.1 Å². The molecule has 0 aromatic heterocycles. The van der Waals surface area contributed by atoms with Gasteiger partial charge in [-0.25, -0.2) is 4.79 Å². The Labute approximate surface area is 119 Å². The molecule has 0 saturated carbocycles. The first-order chi connectivity index (χ1) is 9.14. The zero-order valence-corrected chi connectivity index (χ0v) is 13.9. The van der Waals surface area contributed by atoms with E-state index in [1.165, 1.54) is 50.9 Å². The highest BCUT2D eigenvalue weighted by Gasteiger charge is 2.27. The molecule has 0 atom stereocenters. The SMILES string of the molecule is C=C[Si](CCCC)(CCCC)CCCOC(=O)OC. The van der Waals surface area contributed by atoms with Gasteiger partial charge >= 0.3 is 6.16 Å². The van der Waals surface area contributed by atoms with Crippen molar-refractivity contribution in [2.24, 2.45) is 0 Å². The molecule has 0 aliphatic carbocycles. The van der Waals surface area contributed by atoms with E-state index in [0.717, 1.165) is 6.42 Å². The molecule has 0 radical (unpaired) electrons. The molecule has 0 aromatic rings. The summed E-state index contributed by atoms with van der Waals surface area (Å²) in [7, 11) is -0.0210. The van der Waals surface area contributed by atoms with E-state index in [9.17, 15) is 4.79 Å². The van der Waals surface area contributed by atoms with Crippen molar-refractivity contribution >= 4 is 14.2 Å². The summed E-state index contributed by atoms with van der Waals surface area (Å²) in [5.74, 6) is 0. The Bertz CT molecular complexity index is 246. The van der Waals surface area contributed by atoms with Gasteiger partial charge in [-0.15, -0.1) is 12.3 Å². The lowest BCUT2D eigenvalue weighted by Gasteiger charge is -2.28. The number of hydrogen-bond acceptors (Lipinski definition) is 3. The van der Waals surface area contributed by atoms with E-state index >= 15 is 0 Å². The Morgan fingerprint density at radius 1 is 1.11 bits per heavy atom. The molecule has 0 rings (SSSR count). The van der Waals surface area contributed by atoms with Crippen LogP contribution in [0.4, 0.5) is 4.79 Å². The largest absolute Gasteiger partial charge is 0.507 e. The highest BCUT2D eigenvalue weighted by atomic mass is 28.3. The van der Waals surface area contributed by atoms with Crippen molar-refractivity contribution in [1.82, 2.24) is 0 Å². The predicted molar refractivity (Wildman–Crippen MR) is 83.2 cm³/mol. The first-order valence-corrected chi connectivity index (χ1v) is 10.2. The number of carbonyl (C=O) groups is 1. The van der Waals surface area contributed by atoms with E-state index < -0.39 is 14.2 Å². The van der Waals surface area contributed by atoms with E-state index in [4.69, 9.17) is 4.74 Å². The van der Waals surface area contributed by atoms with Crippen LogP contribution in [-0.4, -0.2) is 27.9 Å². The molecule has 0 saturated heterocycles. The van der Waals surface area contributed by atoms with Gasteiger partial charge in [0.25, 0.3) is 0 Å². The van der Waals surface area contributed by atoms with Crippen LogP contribution in [0.1, 0.15) is 46.0 Å². The highest BCUT2D eigenvalue weighted by Crippen LogP contribution is 2.28. The van der Waals surface area contributed by atoms with Crippen LogP contribution in [0.15, 0.2) is 12.3 Å². The normalized spacial score (nSPS) is 11.1. The summed E-state index contributed by atoms with van der Waals surface area (Å²) >= 11 is 0. The van der Waals surface area contributed by atoms with E-state index in [-0.39, 0.29) is 0 Å². The maximum Gasteiger partial charge on any atom is 0.507 e. The number of ether oxygens (including phenoxy) is 2. The Morgan fingerprint density at radius 3 is 2.05 bits per heavy atom. The van der Waals surface area contributed by atoms with E-state index in [0.29, 0.717) is 6.61 Å². The lowest BCUT2D eigenvalue weighted by Crippen LogP contribution is -2.32. The third kappa shape index (κ3) is 8.08. The minimum absolute atomic E-state index is 0.466. The molecule has 0 unspecified atom stereocenters. The lowest BCUT2D eigenvalue weighted by molar-refractivity contribution is 0.0728. The molecule has 0 aliphatic rings. The van der Waals surface area contributed by atoms with Gasteiger partial charge < -0.3 is 9.47 Å². The van der Waals surface area contributed by atoms with Gasteiger partial charge in [-0.2, -0.15) is 0 Å². The van der Waals surface area contributed by atoms with Gasteiger partial charge in [-0.3, -0.25) is 0 Å². The second-order valence-electron chi connectivity index (χ2n) is 5.18. The van der Waals surface area contributed by atoms with Crippen molar-refractivity contribution in [3.05, 3.63) is 12.3 Å². The van der Waals surface area contributed by atoms with E-state index in [1.54, 1.807) is 0 Å². The molecule has 4 heteroatoms. The van der Waals surface area contributed by atoms with Crippen LogP contribution in [-0.2, 0) is 9.47 Å². The monoisotopic (exact) mass is 286 g/mol. The van der Waals surface area contributed by atoms with Gasteiger partial charge in [0.05, 0.1) is 21.8 Å². The van der Waals surface area contributed by atoms with Crippen LogP contribution >= 0.6 is 0 Å². The Hall–Kier alpha value is -0.773. The van der Waals surface area contributed by atoms with Crippen LogP contribution in [0.3, 0.4) is 0 Å². The van der Waals surface area contributed by atoms with Crippen molar-refractivity contribution in [2.75, 3.05) is 13.7 Å². The summed E-state index contributed by atoms with van der Waals surface area (Å²) < 4.78 is 9.44. The maximum absolute atomic E-state index is 10.9. The summed E-state index contributed by atoms with van der Waals surface area (Å²) in [5.41, 5.74) is 2.26. The quantitative estimate of drug-likeness (QED) is 0.307. The molecule has 0 aliphatic heterocycles. The summed E-state index contributed by atoms with van der Waals surface area (Å²) in [6.07, 6.45) is 5.43. The Balaban J connectivity index is 4.22. The average Bonchev–Trinajstić information content (AvgIpc) is 2.45. The highest BCUT2D eigenvalue weighted by molar-refractivity contribution is 6.84. The summed E-state index contributed by atoms with van der Waals surface area (Å²) in [6, 6.07) is 3.82. The van der Waals surface area contributed by atoms with Gasteiger partial charge in [-0.1, -0.05) is 57.7 Å². The number of methoxy groups -OCH3 is 1. The second kappa shape index (κ2) is 11.1. The van der Waals surface area contributed by atoms with Gasteiger partial charge in [-0.05, 0) is 6.42 Å². The molecular formula is C15H30O3Si. The van der Waals surface area contributed by atoms with Crippen LogP contribution in [0.25, 0.3) is 0 Å². The van der Waals surface area contributed by atoms with Crippen molar-refractivity contribution in [3.63, 3.8) is 0 Å². The fourth-order valence-corrected chi connectivity index (χ4v) is 6.70. The third-order valence-electron chi connectivity index (χ3n) is 3.70. The molecule has 0 N–H and O–H groups in total. The van der Waals surface area contributed by atoms with Gasteiger partial charge in [0, 0.05) is 0 Å². The van der Waals surface area contributed by atoms with Crippen molar-refractivity contribution in [3.8, 4) is 0 Å². The Morgan fingerprint density at radius 2 is 1.63 bits per heavy atom. The first-order valence-electron chi connectivity index (χ1n) is 7.48.